The number of phenols is 1. The molecule has 0 bridgehead atoms. The summed E-state index contributed by atoms with van der Waals surface area (Å²) in [6.45, 7) is 0. The lowest BCUT2D eigenvalue weighted by Gasteiger charge is -2.11. The van der Waals surface area contributed by atoms with E-state index in [1.165, 1.54) is 31.4 Å². The molecular weight excluding hydrogens is 367 g/mol. The molecule has 2 N–H and O–H groups in total. The molecule has 2 aromatic carbocycles. The highest BCUT2D eigenvalue weighted by Crippen LogP contribution is 2.35. The Morgan fingerprint density at radius 3 is 2.60 bits per heavy atom. The van der Waals surface area contributed by atoms with E-state index in [0.29, 0.717) is 15.7 Å². The molecule has 3 rings (SSSR count). The minimum atomic E-state index is -0.619. The highest BCUT2D eigenvalue weighted by atomic mass is 35.5. The van der Waals surface area contributed by atoms with Crippen LogP contribution in [-0.2, 0) is 4.79 Å². The van der Waals surface area contributed by atoms with Crippen LogP contribution in [0, 0.1) is 0 Å². The van der Waals surface area contributed by atoms with E-state index in [9.17, 15) is 14.7 Å². The average molecular weight is 379 g/mol. The second kappa shape index (κ2) is 6.66. The number of amides is 3. The van der Waals surface area contributed by atoms with Crippen LogP contribution in [0.4, 0.5) is 10.5 Å². The Hall–Kier alpha value is -2.70. The number of halogens is 2. The molecular formula is C17H12Cl2N2O4. The van der Waals surface area contributed by atoms with Crippen molar-refractivity contribution in [3.63, 3.8) is 0 Å². The molecule has 0 spiro atoms. The Kier molecular flexibility index (Phi) is 4.57. The number of ether oxygens (including phenoxy) is 1. The monoisotopic (exact) mass is 378 g/mol. The van der Waals surface area contributed by atoms with Crippen LogP contribution in [-0.4, -0.2) is 24.2 Å². The fraction of sp³-hybridized carbons (Fsp3) is 0.0588. The van der Waals surface area contributed by atoms with Crippen molar-refractivity contribution in [2.45, 2.75) is 0 Å². The summed E-state index contributed by atoms with van der Waals surface area (Å²) in [6.07, 6.45) is 1.33. The smallest absolute Gasteiger partial charge is 0.333 e. The Morgan fingerprint density at radius 1 is 1.16 bits per heavy atom. The van der Waals surface area contributed by atoms with Crippen molar-refractivity contribution in [2.24, 2.45) is 0 Å². The number of aromatic hydroxyl groups is 1. The van der Waals surface area contributed by atoms with Gasteiger partial charge in [-0.3, -0.25) is 4.79 Å². The highest BCUT2D eigenvalue weighted by Gasteiger charge is 2.35. The van der Waals surface area contributed by atoms with Crippen molar-refractivity contribution in [3.8, 4) is 11.5 Å². The Bertz CT molecular complexity index is 912. The molecule has 128 valence electrons. The van der Waals surface area contributed by atoms with Crippen LogP contribution in [0.25, 0.3) is 6.08 Å². The predicted molar refractivity (Wildman–Crippen MR) is 95.1 cm³/mol. The number of hydrogen-bond acceptors (Lipinski definition) is 4. The third kappa shape index (κ3) is 3.26. The Balaban J connectivity index is 2.00. The van der Waals surface area contributed by atoms with Gasteiger partial charge in [-0.25, -0.2) is 9.69 Å². The van der Waals surface area contributed by atoms with Crippen LogP contribution < -0.4 is 15.0 Å². The van der Waals surface area contributed by atoms with Gasteiger partial charge in [0.1, 0.15) is 5.70 Å². The van der Waals surface area contributed by atoms with Crippen LogP contribution in [0.15, 0.2) is 42.1 Å². The number of carbonyl (C=O) groups is 2. The topological polar surface area (TPSA) is 78.9 Å². The fourth-order valence-electron chi connectivity index (χ4n) is 2.40. The molecule has 0 aromatic heterocycles. The maximum Gasteiger partial charge on any atom is 0.333 e. The van der Waals surface area contributed by atoms with Gasteiger partial charge < -0.3 is 15.2 Å². The molecule has 1 aliphatic heterocycles. The van der Waals surface area contributed by atoms with Crippen molar-refractivity contribution >= 4 is 46.9 Å². The second-order valence-corrected chi connectivity index (χ2v) is 6.03. The minimum absolute atomic E-state index is 0.00963. The van der Waals surface area contributed by atoms with E-state index < -0.39 is 11.9 Å². The maximum atomic E-state index is 12.6. The Labute approximate surface area is 153 Å². The molecule has 0 aliphatic carbocycles. The molecule has 1 aliphatic rings. The van der Waals surface area contributed by atoms with E-state index in [1.54, 1.807) is 18.2 Å². The number of carbonyl (C=O) groups excluding carboxylic acids is 2. The van der Waals surface area contributed by atoms with Crippen LogP contribution in [0.3, 0.4) is 0 Å². The van der Waals surface area contributed by atoms with Gasteiger partial charge in [0.25, 0.3) is 5.91 Å². The summed E-state index contributed by atoms with van der Waals surface area (Å²) in [7, 11) is 1.38. The van der Waals surface area contributed by atoms with E-state index in [2.05, 4.69) is 5.32 Å². The second-order valence-electron chi connectivity index (χ2n) is 5.15. The van der Waals surface area contributed by atoms with E-state index in [0.717, 1.165) is 4.90 Å². The third-order valence-corrected chi connectivity index (χ3v) is 3.99. The Morgan fingerprint density at radius 2 is 1.92 bits per heavy atom. The lowest BCUT2D eigenvalue weighted by Crippen LogP contribution is -2.30. The summed E-state index contributed by atoms with van der Waals surface area (Å²) < 4.78 is 5.02. The number of anilines is 1. The van der Waals surface area contributed by atoms with Gasteiger partial charge in [-0.15, -0.1) is 0 Å². The number of imide groups is 1. The van der Waals surface area contributed by atoms with Crippen molar-refractivity contribution in [3.05, 3.63) is 57.7 Å². The summed E-state index contributed by atoms with van der Waals surface area (Å²) in [5.41, 5.74) is 0.567. The van der Waals surface area contributed by atoms with Crippen LogP contribution in [0.2, 0.25) is 10.0 Å². The highest BCUT2D eigenvalue weighted by molar-refractivity contribution is 6.32. The van der Waals surface area contributed by atoms with Gasteiger partial charge in [0, 0.05) is 21.7 Å². The van der Waals surface area contributed by atoms with Crippen LogP contribution >= 0.6 is 23.2 Å². The van der Waals surface area contributed by atoms with Crippen molar-refractivity contribution in [2.75, 3.05) is 12.0 Å². The zero-order valence-corrected chi connectivity index (χ0v) is 14.4. The average Bonchev–Trinajstić information content (AvgIpc) is 2.84. The first-order valence-corrected chi connectivity index (χ1v) is 7.85. The molecule has 2 aromatic rings. The molecule has 0 saturated carbocycles. The lowest BCUT2D eigenvalue weighted by atomic mass is 10.1. The summed E-state index contributed by atoms with van der Waals surface area (Å²) >= 11 is 11.9. The van der Waals surface area contributed by atoms with Crippen LogP contribution in [0.5, 0.6) is 11.5 Å². The minimum Gasteiger partial charge on any atom is -0.504 e. The van der Waals surface area contributed by atoms with Crippen molar-refractivity contribution < 1.29 is 19.4 Å². The fourth-order valence-corrected chi connectivity index (χ4v) is 2.80. The SMILES string of the molecule is COc1cc(Cl)cc(/C=C2/NC(=O)N(c3cccc(Cl)c3)C2=O)c1O. The number of nitrogens with one attached hydrogen (secondary N) is 1. The summed E-state index contributed by atoms with van der Waals surface area (Å²) in [6, 6.07) is 8.63. The zero-order chi connectivity index (χ0) is 18.1. The van der Waals surface area contributed by atoms with E-state index in [-0.39, 0.29) is 22.8 Å². The van der Waals surface area contributed by atoms with Gasteiger partial charge >= 0.3 is 6.03 Å². The van der Waals surface area contributed by atoms with Gasteiger partial charge in [-0.2, -0.15) is 0 Å². The van der Waals surface area contributed by atoms with Gasteiger partial charge in [0.15, 0.2) is 11.5 Å². The van der Waals surface area contributed by atoms with Crippen molar-refractivity contribution in [1.29, 1.82) is 0 Å². The van der Waals surface area contributed by atoms with Gasteiger partial charge in [0.2, 0.25) is 0 Å². The maximum absolute atomic E-state index is 12.6. The molecule has 1 saturated heterocycles. The summed E-state index contributed by atoms with van der Waals surface area (Å²) in [4.78, 5) is 25.7. The standard InChI is InChI=1S/C17H12Cl2N2O4/c1-25-14-8-11(19)5-9(15(14)22)6-13-16(23)21(17(24)20-13)12-4-2-3-10(18)7-12/h2-8,22H,1H3,(H,20,24)/b13-6+. The summed E-state index contributed by atoms with van der Waals surface area (Å²) in [5, 5.41) is 13.3. The van der Waals surface area contributed by atoms with E-state index >= 15 is 0 Å². The quantitative estimate of drug-likeness (QED) is 0.628. The van der Waals surface area contributed by atoms with Gasteiger partial charge in [-0.1, -0.05) is 29.3 Å². The van der Waals surface area contributed by atoms with Gasteiger partial charge in [0.05, 0.1) is 12.8 Å². The normalized spacial score (nSPS) is 15.6. The molecule has 1 fully saturated rings. The molecule has 3 amide bonds. The largest absolute Gasteiger partial charge is 0.504 e. The molecule has 0 atom stereocenters. The first-order valence-electron chi connectivity index (χ1n) is 7.10. The lowest BCUT2D eigenvalue weighted by molar-refractivity contribution is -0.113. The molecule has 0 radical (unpaired) electrons. The first-order chi connectivity index (χ1) is 11.9. The molecule has 25 heavy (non-hydrogen) atoms. The first kappa shape index (κ1) is 17.1. The third-order valence-electron chi connectivity index (χ3n) is 3.53. The van der Waals surface area contributed by atoms with E-state index in [4.69, 9.17) is 27.9 Å². The number of nitrogens with zero attached hydrogens (tertiary/aromatic N) is 1. The predicted octanol–water partition coefficient (Wildman–Crippen LogP) is 3.80. The number of urea groups is 1. The molecule has 0 unspecified atom stereocenters. The number of rotatable bonds is 3. The molecule has 8 heteroatoms. The zero-order valence-electron chi connectivity index (χ0n) is 12.9. The number of benzene rings is 2. The van der Waals surface area contributed by atoms with Crippen LogP contribution in [0.1, 0.15) is 5.56 Å². The van der Waals surface area contributed by atoms with Gasteiger partial charge in [-0.05, 0) is 30.3 Å². The van der Waals surface area contributed by atoms with E-state index in [1.807, 2.05) is 0 Å². The number of hydrogen-bond donors (Lipinski definition) is 2. The number of methoxy groups -OCH3 is 1. The summed E-state index contributed by atoms with van der Waals surface area (Å²) in [5.74, 6) is -0.615. The van der Waals surface area contributed by atoms with Crippen molar-refractivity contribution in [1.82, 2.24) is 5.32 Å². The molecule has 1 heterocycles. The molecule has 6 nitrogen and oxygen atoms in total. The number of phenolic OH excluding ortho intramolecular Hbond substituents is 1.